The third-order valence-corrected chi connectivity index (χ3v) is 6.80. The average molecular weight is 838 g/mol. The Labute approximate surface area is 340 Å². The van der Waals surface area contributed by atoms with E-state index in [2.05, 4.69) is 39.4 Å². The number of nitrogens with two attached hydrogens (primary N) is 1. The number of nitrogens with zero attached hydrogens (tertiary/aromatic N) is 8. The van der Waals surface area contributed by atoms with E-state index in [0.717, 1.165) is 0 Å². The molecule has 0 saturated heterocycles. The molecular formula is C36H36ClN9O13. The Bertz CT molecular complexity index is 2190. The predicted octanol–water partition coefficient (Wildman–Crippen LogP) is 6.51. The second-order valence-electron chi connectivity index (χ2n) is 10.4. The second-order valence-corrected chi connectivity index (χ2v) is 10.7. The molecule has 23 heteroatoms. The average Bonchev–Trinajstić information content (AvgIpc) is 3.24. The fourth-order valence-corrected chi connectivity index (χ4v) is 4.25. The zero-order chi connectivity index (χ0) is 43.3. The van der Waals surface area contributed by atoms with E-state index in [0.29, 0.717) is 17.2 Å². The lowest BCUT2D eigenvalue weighted by Crippen LogP contribution is -2.03. The SMILES string of the molecule is COc1nc(Cl)nc(OC)c1[N+](=O)[O-].COc1nc(Oc2ccccc2)nc(OC)c1N.COc1nc(Oc2ccccc2)nc(OC)c1[N+](=O)[O-].Oc1ccccc1. The molecule has 22 nitrogen and oxygen atoms in total. The van der Waals surface area contributed by atoms with Crippen LogP contribution in [-0.2, 0) is 0 Å². The van der Waals surface area contributed by atoms with E-state index < -0.39 is 21.2 Å². The lowest BCUT2D eigenvalue weighted by molar-refractivity contribution is -0.387. The van der Waals surface area contributed by atoms with Crippen molar-refractivity contribution >= 4 is 28.7 Å². The molecule has 3 N–H and O–H groups in total. The first kappa shape index (κ1) is 45.4. The van der Waals surface area contributed by atoms with Gasteiger partial charge in [-0.1, -0.05) is 54.6 Å². The molecule has 0 aliphatic rings. The van der Waals surface area contributed by atoms with Crippen LogP contribution < -0.4 is 43.6 Å². The molecule has 0 unspecified atom stereocenters. The van der Waals surface area contributed by atoms with Crippen LogP contribution >= 0.6 is 11.6 Å². The fourth-order valence-electron chi connectivity index (χ4n) is 4.10. The molecule has 0 aliphatic heterocycles. The normalized spacial score (nSPS) is 9.68. The Kier molecular flexibility index (Phi) is 17.8. The molecular weight excluding hydrogens is 802 g/mol. The zero-order valence-electron chi connectivity index (χ0n) is 32.0. The third-order valence-electron chi connectivity index (χ3n) is 6.63. The molecule has 310 valence electrons. The quantitative estimate of drug-likeness (QED) is 0.0754. The first-order chi connectivity index (χ1) is 28.4. The maximum atomic E-state index is 11.0. The molecule has 3 aromatic heterocycles. The van der Waals surface area contributed by atoms with Crippen molar-refractivity contribution in [2.45, 2.75) is 0 Å². The molecule has 3 heterocycles. The van der Waals surface area contributed by atoms with E-state index in [9.17, 15) is 20.2 Å². The van der Waals surface area contributed by atoms with Crippen molar-refractivity contribution in [2.24, 2.45) is 0 Å². The molecule has 0 aliphatic carbocycles. The monoisotopic (exact) mass is 837 g/mol. The highest BCUT2D eigenvalue weighted by Crippen LogP contribution is 2.36. The van der Waals surface area contributed by atoms with Gasteiger partial charge in [0.05, 0.1) is 52.5 Å². The molecule has 6 aromatic rings. The molecule has 0 atom stereocenters. The van der Waals surface area contributed by atoms with Crippen LogP contribution in [0.5, 0.6) is 64.5 Å². The predicted molar refractivity (Wildman–Crippen MR) is 209 cm³/mol. The second kappa shape index (κ2) is 23.2. The van der Waals surface area contributed by atoms with E-state index in [1.54, 1.807) is 60.7 Å². The summed E-state index contributed by atoms with van der Waals surface area (Å²) >= 11 is 5.48. The van der Waals surface area contributed by atoms with E-state index in [-0.39, 0.29) is 58.3 Å². The number of ether oxygens (including phenoxy) is 8. The minimum atomic E-state index is -0.700. The van der Waals surface area contributed by atoms with Crippen molar-refractivity contribution in [2.75, 3.05) is 48.4 Å². The molecule has 0 fully saturated rings. The summed E-state index contributed by atoms with van der Waals surface area (Å²) in [4.78, 5) is 43.0. The number of halogens is 1. The number of rotatable bonds is 12. The number of hydrogen-bond donors (Lipinski definition) is 2. The van der Waals surface area contributed by atoms with Gasteiger partial charge in [-0.3, -0.25) is 20.2 Å². The first-order valence-corrected chi connectivity index (χ1v) is 16.7. The molecule has 0 saturated carbocycles. The number of methoxy groups -OCH3 is 6. The van der Waals surface area contributed by atoms with E-state index >= 15 is 0 Å². The summed E-state index contributed by atoms with van der Waals surface area (Å²) in [6.07, 6.45) is 0. The Morgan fingerprint density at radius 3 is 1.07 bits per heavy atom. The van der Waals surface area contributed by atoms with Gasteiger partial charge >= 0.3 is 46.9 Å². The highest BCUT2D eigenvalue weighted by molar-refractivity contribution is 6.28. The van der Waals surface area contributed by atoms with Gasteiger partial charge in [-0.2, -0.15) is 29.9 Å². The van der Waals surface area contributed by atoms with Crippen LogP contribution in [0.4, 0.5) is 17.1 Å². The van der Waals surface area contributed by atoms with Crippen molar-refractivity contribution in [3.05, 3.63) is 117 Å². The summed E-state index contributed by atoms with van der Waals surface area (Å²) in [6.45, 7) is 0. The number of benzene rings is 3. The molecule has 0 amide bonds. The number of nitro groups is 2. The smallest absolute Gasteiger partial charge is 0.392 e. The van der Waals surface area contributed by atoms with Crippen molar-refractivity contribution in [1.82, 2.24) is 29.9 Å². The van der Waals surface area contributed by atoms with Gasteiger partial charge in [0.25, 0.3) is 0 Å². The summed E-state index contributed by atoms with van der Waals surface area (Å²) < 4.78 is 40.0. The standard InChI is InChI=1S/C12H11N3O5.C12H13N3O3.C6H6ClN3O4.C6H6O/c1-18-10-9(15(16)17)11(19-2)14-12(13-10)20-8-6-4-3-5-7-8;1-16-10-9(13)11(17-2)15-12(14-10)18-8-6-4-3-5-7-8;1-13-4-3(10(11)12)5(14-2)9-6(7)8-4;7-6-4-2-1-3-5-6/h3-7H,1-2H3;3-7H,13H2,1-2H3;1-2H3;1-5,7H. The highest BCUT2D eigenvalue weighted by atomic mass is 35.5. The molecule has 6 rings (SSSR count). The van der Waals surface area contributed by atoms with Crippen LogP contribution in [0.1, 0.15) is 0 Å². The number of phenolic OH excluding ortho intramolecular Hbond substituents is 1. The first-order valence-electron chi connectivity index (χ1n) is 16.3. The number of aromatic nitrogens is 6. The van der Waals surface area contributed by atoms with Crippen LogP contribution in [-0.4, -0.2) is 87.5 Å². The molecule has 0 radical (unpaired) electrons. The van der Waals surface area contributed by atoms with E-state index in [1.807, 2.05) is 30.3 Å². The maximum Gasteiger partial charge on any atom is 0.392 e. The minimum Gasteiger partial charge on any atom is -0.508 e. The number of hydrogen-bond acceptors (Lipinski definition) is 20. The van der Waals surface area contributed by atoms with Crippen molar-refractivity contribution < 1.29 is 52.8 Å². The number of aromatic hydroxyl groups is 1. The van der Waals surface area contributed by atoms with Gasteiger partial charge in [-0.15, -0.1) is 0 Å². The van der Waals surface area contributed by atoms with Crippen LogP contribution in [0, 0.1) is 20.2 Å². The molecule has 0 bridgehead atoms. The van der Waals surface area contributed by atoms with Crippen LogP contribution in [0.2, 0.25) is 5.28 Å². The number of nitrogen functional groups attached to an aromatic ring is 1. The van der Waals surface area contributed by atoms with Gasteiger partial charge in [0.2, 0.25) is 17.0 Å². The highest BCUT2D eigenvalue weighted by Gasteiger charge is 2.28. The lowest BCUT2D eigenvalue weighted by Gasteiger charge is -2.10. The summed E-state index contributed by atoms with van der Waals surface area (Å²) in [5.74, 6) is 0.944. The van der Waals surface area contributed by atoms with Crippen LogP contribution in [0.3, 0.4) is 0 Å². The number of anilines is 1. The molecule has 0 spiro atoms. The van der Waals surface area contributed by atoms with Gasteiger partial charge in [0, 0.05) is 0 Å². The van der Waals surface area contributed by atoms with Crippen molar-refractivity contribution in [1.29, 1.82) is 0 Å². The van der Waals surface area contributed by atoms with Crippen LogP contribution in [0.15, 0.2) is 91.0 Å². The van der Waals surface area contributed by atoms with Gasteiger partial charge in [-0.05, 0) is 48.0 Å². The summed E-state index contributed by atoms with van der Waals surface area (Å²) in [5, 5.41) is 30.0. The van der Waals surface area contributed by atoms with Gasteiger partial charge in [-0.25, -0.2) is 0 Å². The van der Waals surface area contributed by atoms with Gasteiger partial charge in [0.15, 0.2) is 5.69 Å². The van der Waals surface area contributed by atoms with Crippen LogP contribution in [0.25, 0.3) is 0 Å². The fraction of sp³-hybridized carbons (Fsp3) is 0.167. The summed E-state index contributed by atoms with van der Waals surface area (Å²) in [6, 6.07) is 26.7. The largest absolute Gasteiger partial charge is 0.508 e. The Morgan fingerprint density at radius 1 is 0.508 bits per heavy atom. The minimum absolute atomic E-state index is 0.101. The maximum absolute atomic E-state index is 11.0. The zero-order valence-corrected chi connectivity index (χ0v) is 32.8. The molecule has 59 heavy (non-hydrogen) atoms. The third kappa shape index (κ3) is 13.6. The van der Waals surface area contributed by atoms with E-state index in [1.165, 1.54) is 42.7 Å². The van der Waals surface area contributed by atoms with Crippen molar-refractivity contribution in [3.8, 4) is 64.5 Å². The summed E-state index contributed by atoms with van der Waals surface area (Å²) in [5.41, 5.74) is 5.08. The van der Waals surface area contributed by atoms with Gasteiger partial charge in [0.1, 0.15) is 17.2 Å². The Balaban J connectivity index is 0.000000221. The number of phenols is 1. The van der Waals surface area contributed by atoms with Gasteiger partial charge < -0.3 is 48.7 Å². The Hall–Kier alpha value is -8.01. The van der Waals surface area contributed by atoms with Crippen molar-refractivity contribution in [3.63, 3.8) is 0 Å². The topological polar surface area (TPSA) is 284 Å². The summed E-state index contributed by atoms with van der Waals surface area (Å²) in [7, 11) is 7.94. The molecule has 3 aromatic carbocycles. The number of para-hydroxylation sites is 3. The van der Waals surface area contributed by atoms with E-state index in [4.69, 9.17) is 50.9 Å². The lowest BCUT2D eigenvalue weighted by atomic mass is 10.3. The Morgan fingerprint density at radius 2 is 0.797 bits per heavy atom.